The van der Waals surface area contributed by atoms with E-state index in [1.54, 1.807) is 6.08 Å². The SMILES string of the molecule is CCCCCCC(C)/C=C\C(CCCCCC)C(=O)C(F)(F)F. The molecule has 0 rings (SSSR count). The van der Waals surface area contributed by atoms with E-state index in [1.807, 2.05) is 6.92 Å². The maximum atomic E-state index is 12.7. The second kappa shape index (κ2) is 12.6. The second-order valence-corrected chi connectivity index (χ2v) is 6.53. The molecule has 0 bridgehead atoms. The number of allylic oxidation sites excluding steroid dienone is 2. The molecule has 0 heterocycles. The van der Waals surface area contributed by atoms with E-state index in [0.29, 0.717) is 12.8 Å². The van der Waals surface area contributed by atoms with Gasteiger partial charge in [0.1, 0.15) is 0 Å². The van der Waals surface area contributed by atoms with Crippen LogP contribution in [-0.2, 0) is 4.79 Å². The molecule has 0 aliphatic heterocycles. The molecule has 0 aromatic rings. The van der Waals surface area contributed by atoms with Crippen molar-refractivity contribution in [1.82, 2.24) is 0 Å². The predicted octanol–water partition coefficient (Wildman–Crippen LogP) is 6.87. The van der Waals surface area contributed by atoms with Crippen LogP contribution in [0.1, 0.15) is 85.0 Å². The highest BCUT2D eigenvalue weighted by Gasteiger charge is 2.41. The molecule has 0 saturated carbocycles. The Labute approximate surface area is 139 Å². The van der Waals surface area contributed by atoms with Gasteiger partial charge in [-0.1, -0.05) is 84.3 Å². The summed E-state index contributed by atoms with van der Waals surface area (Å²) in [6.45, 7) is 6.21. The van der Waals surface area contributed by atoms with Crippen molar-refractivity contribution in [3.63, 3.8) is 0 Å². The van der Waals surface area contributed by atoms with Crippen molar-refractivity contribution in [3.05, 3.63) is 12.2 Å². The highest BCUT2D eigenvalue weighted by Crippen LogP contribution is 2.26. The topological polar surface area (TPSA) is 17.1 Å². The third-order valence-electron chi connectivity index (χ3n) is 4.17. The number of hydrogen-bond donors (Lipinski definition) is 0. The lowest BCUT2D eigenvalue weighted by atomic mass is 9.93. The Bertz CT molecular complexity index is 334. The van der Waals surface area contributed by atoms with Gasteiger partial charge in [0, 0.05) is 5.92 Å². The van der Waals surface area contributed by atoms with Gasteiger partial charge >= 0.3 is 6.18 Å². The zero-order valence-corrected chi connectivity index (χ0v) is 14.9. The van der Waals surface area contributed by atoms with Crippen LogP contribution in [-0.4, -0.2) is 12.0 Å². The summed E-state index contributed by atoms with van der Waals surface area (Å²) in [6.07, 6.45) is 8.08. The van der Waals surface area contributed by atoms with E-state index in [4.69, 9.17) is 0 Å². The minimum absolute atomic E-state index is 0.228. The van der Waals surface area contributed by atoms with Crippen LogP contribution in [0.5, 0.6) is 0 Å². The average Bonchev–Trinajstić information content (AvgIpc) is 2.49. The monoisotopic (exact) mass is 334 g/mol. The van der Waals surface area contributed by atoms with Crippen LogP contribution in [0.25, 0.3) is 0 Å². The van der Waals surface area contributed by atoms with Crippen molar-refractivity contribution in [2.75, 3.05) is 0 Å². The van der Waals surface area contributed by atoms with E-state index < -0.39 is 17.9 Å². The van der Waals surface area contributed by atoms with Crippen molar-refractivity contribution < 1.29 is 18.0 Å². The smallest absolute Gasteiger partial charge is 0.289 e. The van der Waals surface area contributed by atoms with Crippen LogP contribution < -0.4 is 0 Å². The maximum absolute atomic E-state index is 12.7. The molecule has 0 N–H and O–H groups in total. The minimum Gasteiger partial charge on any atom is -0.289 e. The zero-order valence-electron chi connectivity index (χ0n) is 14.9. The second-order valence-electron chi connectivity index (χ2n) is 6.53. The first kappa shape index (κ1) is 22.2. The Hall–Kier alpha value is -0.800. The van der Waals surface area contributed by atoms with Crippen molar-refractivity contribution in [1.29, 1.82) is 0 Å². The molecule has 0 aromatic heterocycles. The number of carbonyl (C=O) groups excluding carboxylic acids is 1. The summed E-state index contributed by atoms with van der Waals surface area (Å²) in [7, 11) is 0. The number of ketones is 1. The van der Waals surface area contributed by atoms with Gasteiger partial charge in [0.05, 0.1) is 0 Å². The van der Waals surface area contributed by atoms with E-state index in [9.17, 15) is 18.0 Å². The summed E-state index contributed by atoms with van der Waals surface area (Å²) >= 11 is 0. The molecule has 4 heteroatoms. The van der Waals surface area contributed by atoms with Crippen LogP contribution in [0, 0.1) is 11.8 Å². The summed E-state index contributed by atoms with van der Waals surface area (Å²) in [4.78, 5) is 11.6. The van der Waals surface area contributed by atoms with Crippen LogP contribution >= 0.6 is 0 Å². The molecule has 0 amide bonds. The lowest BCUT2D eigenvalue weighted by Crippen LogP contribution is -2.29. The standard InChI is InChI=1S/C19H33F3O/c1-4-6-8-10-12-16(3)14-15-17(13-11-9-7-5-2)18(23)19(20,21)22/h14-17H,4-13H2,1-3H3/b15-14-. The van der Waals surface area contributed by atoms with Gasteiger partial charge in [-0.3, -0.25) is 4.79 Å². The molecule has 0 aromatic carbocycles. The number of rotatable bonds is 13. The third kappa shape index (κ3) is 11.4. The molecule has 2 atom stereocenters. The first-order valence-electron chi connectivity index (χ1n) is 9.12. The minimum atomic E-state index is -4.73. The number of halogens is 3. The van der Waals surface area contributed by atoms with E-state index in [0.717, 1.165) is 38.5 Å². The Morgan fingerprint density at radius 2 is 1.39 bits per heavy atom. The molecular weight excluding hydrogens is 301 g/mol. The Balaban J connectivity index is 4.48. The van der Waals surface area contributed by atoms with Crippen LogP contribution in [0.3, 0.4) is 0 Å². The molecule has 0 saturated heterocycles. The molecule has 0 radical (unpaired) electrons. The van der Waals surface area contributed by atoms with Crippen LogP contribution in [0.4, 0.5) is 13.2 Å². The van der Waals surface area contributed by atoms with E-state index in [-0.39, 0.29) is 5.92 Å². The lowest BCUT2D eigenvalue weighted by molar-refractivity contribution is -0.174. The summed E-state index contributed by atoms with van der Waals surface area (Å²) in [5.74, 6) is -2.38. The third-order valence-corrected chi connectivity index (χ3v) is 4.17. The summed E-state index contributed by atoms with van der Waals surface area (Å²) in [6, 6.07) is 0. The molecule has 2 unspecified atom stereocenters. The number of Topliss-reactive ketones (excluding diaryl/α,β-unsaturated/α-hetero) is 1. The summed E-state index contributed by atoms with van der Waals surface area (Å²) in [5.41, 5.74) is 0. The highest BCUT2D eigenvalue weighted by molar-refractivity contribution is 5.87. The van der Waals surface area contributed by atoms with Gasteiger partial charge < -0.3 is 0 Å². The Kier molecular flexibility index (Phi) is 12.2. The van der Waals surface area contributed by atoms with Gasteiger partial charge in [0.25, 0.3) is 0 Å². The number of alkyl halides is 3. The molecular formula is C19H33F3O. The fourth-order valence-electron chi connectivity index (χ4n) is 2.63. The first-order chi connectivity index (χ1) is 10.8. The fraction of sp³-hybridized carbons (Fsp3) is 0.842. The number of hydrogen-bond acceptors (Lipinski definition) is 1. The van der Waals surface area contributed by atoms with Crippen molar-refractivity contribution in [3.8, 4) is 0 Å². The molecule has 1 nitrogen and oxygen atoms in total. The lowest BCUT2D eigenvalue weighted by Gasteiger charge is -2.15. The molecule has 136 valence electrons. The van der Waals surface area contributed by atoms with Crippen molar-refractivity contribution in [2.24, 2.45) is 11.8 Å². The number of unbranched alkanes of at least 4 members (excludes halogenated alkanes) is 6. The number of carbonyl (C=O) groups is 1. The Morgan fingerprint density at radius 3 is 1.87 bits per heavy atom. The fourth-order valence-corrected chi connectivity index (χ4v) is 2.63. The molecule has 0 aliphatic carbocycles. The zero-order chi connectivity index (χ0) is 17.7. The molecule has 0 spiro atoms. The van der Waals surface area contributed by atoms with E-state index in [2.05, 4.69) is 13.8 Å². The van der Waals surface area contributed by atoms with Gasteiger partial charge in [-0.15, -0.1) is 0 Å². The molecule has 23 heavy (non-hydrogen) atoms. The predicted molar refractivity (Wildman–Crippen MR) is 90.4 cm³/mol. The van der Waals surface area contributed by atoms with E-state index in [1.165, 1.54) is 18.9 Å². The van der Waals surface area contributed by atoms with Gasteiger partial charge in [0.15, 0.2) is 0 Å². The van der Waals surface area contributed by atoms with Gasteiger partial charge in [-0.25, -0.2) is 0 Å². The average molecular weight is 334 g/mol. The normalized spacial score (nSPS) is 15.0. The van der Waals surface area contributed by atoms with E-state index >= 15 is 0 Å². The first-order valence-corrected chi connectivity index (χ1v) is 9.12. The van der Waals surface area contributed by atoms with Crippen LogP contribution in [0.2, 0.25) is 0 Å². The van der Waals surface area contributed by atoms with Crippen molar-refractivity contribution in [2.45, 2.75) is 91.2 Å². The summed E-state index contributed by atoms with van der Waals surface area (Å²) in [5, 5.41) is 0. The quantitative estimate of drug-likeness (QED) is 0.265. The van der Waals surface area contributed by atoms with Gasteiger partial charge in [-0.2, -0.15) is 13.2 Å². The van der Waals surface area contributed by atoms with Crippen LogP contribution in [0.15, 0.2) is 12.2 Å². The molecule has 0 aliphatic rings. The maximum Gasteiger partial charge on any atom is 0.450 e. The largest absolute Gasteiger partial charge is 0.450 e. The van der Waals surface area contributed by atoms with Gasteiger partial charge in [-0.05, 0) is 18.8 Å². The van der Waals surface area contributed by atoms with Crippen molar-refractivity contribution >= 4 is 5.78 Å². The van der Waals surface area contributed by atoms with Gasteiger partial charge in [0.2, 0.25) is 5.78 Å². The Morgan fingerprint density at radius 1 is 0.870 bits per heavy atom. The highest BCUT2D eigenvalue weighted by atomic mass is 19.4. The summed E-state index contributed by atoms with van der Waals surface area (Å²) < 4.78 is 38.1. The molecule has 0 fully saturated rings.